The summed E-state index contributed by atoms with van der Waals surface area (Å²) in [6.07, 6.45) is 10.5. The summed E-state index contributed by atoms with van der Waals surface area (Å²) in [4.78, 5) is 52.9. The first kappa shape index (κ1) is 32.8. The van der Waals surface area contributed by atoms with Gasteiger partial charge < -0.3 is 25.0 Å². The van der Waals surface area contributed by atoms with Crippen molar-refractivity contribution in [2.45, 2.75) is 24.5 Å². The zero-order valence-electron chi connectivity index (χ0n) is 25.0. The molecule has 4 aromatic rings. The van der Waals surface area contributed by atoms with E-state index >= 15 is 0 Å². The number of rotatable bonds is 9. The third-order valence-corrected chi connectivity index (χ3v) is 8.75. The molecule has 13 heteroatoms. The number of piperidine rings is 3. The topological polar surface area (TPSA) is 156 Å². The van der Waals surface area contributed by atoms with Gasteiger partial charge >= 0.3 is 5.97 Å². The van der Waals surface area contributed by atoms with Crippen molar-refractivity contribution in [3.8, 4) is 0 Å². The summed E-state index contributed by atoms with van der Waals surface area (Å²) < 4.78 is 6.62. The quantitative estimate of drug-likeness (QED) is 0.136. The second kappa shape index (κ2) is 15.1. The Morgan fingerprint density at radius 3 is 1.83 bits per heavy atom. The molecule has 7 rings (SSSR count). The fourth-order valence-corrected chi connectivity index (χ4v) is 6.09. The van der Waals surface area contributed by atoms with Gasteiger partial charge in [-0.15, -0.1) is 0 Å². The van der Waals surface area contributed by atoms with Crippen LogP contribution in [-0.2, 0) is 24.7 Å². The lowest BCUT2D eigenvalue weighted by molar-refractivity contribution is -0.939. The van der Waals surface area contributed by atoms with E-state index in [1.54, 1.807) is 60.9 Å². The zero-order chi connectivity index (χ0) is 32.4. The molecule has 5 heterocycles. The van der Waals surface area contributed by atoms with E-state index in [4.69, 9.17) is 4.74 Å². The Balaban J connectivity index is 0.000000322. The molecule has 2 bridgehead atoms. The maximum absolute atomic E-state index is 13.6. The normalized spacial score (nSPS) is 20.0. The second-order valence-electron chi connectivity index (χ2n) is 11.3. The van der Waals surface area contributed by atoms with Crippen LogP contribution in [0, 0.1) is 5.92 Å². The lowest BCUT2D eigenvalue weighted by Crippen LogP contribution is -2.66. The Hall–Kier alpha value is -4.59. The van der Waals surface area contributed by atoms with Crippen LogP contribution in [0.15, 0.2) is 97.8 Å². The number of halogens is 1. The lowest BCUT2D eigenvalue weighted by atomic mass is 9.82. The number of alkyl halides is 1. The maximum atomic E-state index is 13.6. The fraction of sp³-hybridized carbons (Fsp3) is 0.303. The van der Waals surface area contributed by atoms with Crippen LogP contribution in [0.5, 0.6) is 0 Å². The van der Waals surface area contributed by atoms with Gasteiger partial charge in [0.15, 0.2) is 24.3 Å². The van der Waals surface area contributed by atoms with Gasteiger partial charge in [0.1, 0.15) is 6.54 Å². The van der Waals surface area contributed by atoms with Crippen molar-refractivity contribution >= 4 is 45.3 Å². The highest BCUT2D eigenvalue weighted by Crippen LogP contribution is 2.38. The number of nitrogens with one attached hydrogen (secondary N) is 2. The molecule has 0 aliphatic carbocycles. The average Bonchev–Trinajstić information content (AvgIpc) is 3.10. The van der Waals surface area contributed by atoms with E-state index in [0.29, 0.717) is 33.8 Å². The molecule has 238 valence electrons. The zero-order valence-corrected chi connectivity index (χ0v) is 26.6. The first-order valence-corrected chi connectivity index (χ1v) is 16.0. The van der Waals surface area contributed by atoms with E-state index in [-0.39, 0.29) is 35.7 Å². The van der Waals surface area contributed by atoms with Crippen molar-refractivity contribution in [1.29, 1.82) is 0 Å². The number of benzene rings is 2. The van der Waals surface area contributed by atoms with Crippen molar-refractivity contribution in [3.05, 3.63) is 109 Å². The number of hydrogen-bond donors (Lipinski definition) is 3. The predicted octanol–water partition coefficient (Wildman–Crippen LogP) is 3.31. The maximum Gasteiger partial charge on any atom is 0.348 e. The Morgan fingerprint density at radius 2 is 1.35 bits per heavy atom. The van der Waals surface area contributed by atoms with E-state index in [0.717, 1.165) is 25.9 Å². The first-order chi connectivity index (χ1) is 22.3. The third kappa shape index (κ3) is 7.97. The molecule has 0 unspecified atom stereocenters. The lowest BCUT2D eigenvalue weighted by Gasteiger charge is -2.51. The molecule has 2 aromatic carbocycles. The van der Waals surface area contributed by atoms with E-state index in [1.165, 1.54) is 24.8 Å². The van der Waals surface area contributed by atoms with Crippen LogP contribution in [0.4, 0.5) is 11.6 Å². The monoisotopic (exact) mass is 688 g/mol. The summed E-state index contributed by atoms with van der Waals surface area (Å²) in [7, 11) is 0. The summed E-state index contributed by atoms with van der Waals surface area (Å²) >= 11 is 3.01. The highest BCUT2D eigenvalue weighted by atomic mass is 79.9. The van der Waals surface area contributed by atoms with Crippen LogP contribution in [-0.4, -0.2) is 84.9 Å². The number of aliphatic hydroxyl groups is 1. The van der Waals surface area contributed by atoms with Crippen molar-refractivity contribution in [1.82, 2.24) is 19.9 Å². The number of fused-ring (bicyclic) bond motifs is 3. The summed E-state index contributed by atoms with van der Waals surface area (Å²) in [5, 5.41) is 17.4. The van der Waals surface area contributed by atoms with Crippen molar-refractivity contribution < 1.29 is 28.7 Å². The minimum Gasteiger partial charge on any atom is -0.453 e. The number of esters is 1. The van der Waals surface area contributed by atoms with Crippen LogP contribution in [0.3, 0.4) is 0 Å². The number of aromatic nitrogens is 4. The molecule has 3 N–H and O–H groups in total. The number of ether oxygens (including phenoxy) is 1. The Morgan fingerprint density at radius 1 is 0.826 bits per heavy atom. The first-order valence-electron chi connectivity index (χ1n) is 14.9. The Bertz CT molecular complexity index is 1550. The van der Waals surface area contributed by atoms with Gasteiger partial charge in [-0.3, -0.25) is 19.6 Å². The highest BCUT2D eigenvalue weighted by Gasteiger charge is 2.51. The van der Waals surface area contributed by atoms with Gasteiger partial charge in [-0.1, -0.05) is 76.6 Å². The molecular weight excluding hydrogens is 654 g/mol. The van der Waals surface area contributed by atoms with Gasteiger partial charge in [-0.25, -0.2) is 14.8 Å². The molecule has 1 atom stereocenters. The number of hydrogen-bond acceptors (Lipinski definition) is 9. The van der Waals surface area contributed by atoms with E-state index < -0.39 is 11.6 Å². The molecule has 0 spiro atoms. The molecular formula is C33H35BrN7O5+. The predicted molar refractivity (Wildman–Crippen MR) is 173 cm³/mol. The molecule has 46 heavy (non-hydrogen) atoms. The van der Waals surface area contributed by atoms with E-state index in [2.05, 4.69) is 46.5 Å². The number of quaternary nitrogens is 1. The van der Waals surface area contributed by atoms with Gasteiger partial charge in [-0.2, -0.15) is 0 Å². The minimum atomic E-state index is -1.91. The standard InChI is InChI=1S/C27H28N4O4.C6H6BrN3O/c32-25(30-24-17-28-13-14-29-24)19-31-15-11-20(12-16-31)23(18-31)35-26(33)27(34,21-7-3-1-4-8-21)22-9-5-2-6-10-22;7-3-6(11)10-5-4-8-1-2-9-5/h1-10,13-14,17,20,23,34H,11-12,15-16,18-19H2;1-2,4H,3H2,(H,9,10,11)/p+1/t20?,23-,31?;/m0./s1. The molecule has 0 saturated carbocycles. The third-order valence-electron chi connectivity index (χ3n) is 8.24. The van der Waals surface area contributed by atoms with E-state index in [9.17, 15) is 19.5 Å². The smallest absolute Gasteiger partial charge is 0.348 e. The number of carbonyl (C=O) groups is 3. The number of nitrogens with zero attached hydrogens (tertiary/aromatic N) is 5. The van der Waals surface area contributed by atoms with Gasteiger partial charge in [0.2, 0.25) is 11.5 Å². The van der Waals surface area contributed by atoms with Crippen molar-refractivity contribution in [3.63, 3.8) is 0 Å². The molecule has 3 fully saturated rings. The van der Waals surface area contributed by atoms with Crippen LogP contribution < -0.4 is 10.6 Å². The number of anilines is 2. The number of amides is 2. The van der Waals surface area contributed by atoms with Crippen molar-refractivity contribution in [2.75, 3.05) is 42.1 Å². The molecule has 3 aliphatic rings. The van der Waals surface area contributed by atoms with Crippen LogP contribution in [0.25, 0.3) is 0 Å². The molecule has 3 aliphatic heterocycles. The fourth-order valence-electron chi connectivity index (χ4n) is 5.95. The van der Waals surface area contributed by atoms with E-state index in [1.807, 2.05) is 12.1 Å². The summed E-state index contributed by atoms with van der Waals surface area (Å²) in [6, 6.07) is 17.8. The van der Waals surface area contributed by atoms with Gasteiger partial charge in [-0.05, 0) is 11.1 Å². The minimum absolute atomic E-state index is 0.134. The summed E-state index contributed by atoms with van der Waals surface area (Å²) in [6.45, 7) is 2.53. The second-order valence-corrected chi connectivity index (χ2v) is 11.8. The number of carbonyl (C=O) groups excluding carboxylic acids is 3. The summed E-state index contributed by atoms with van der Waals surface area (Å²) in [5.41, 5.74) is -0.989. The van der Waals surface area contributed by atoms with Crippen molar-refractivity contribution in [2.24, 2.45) is 5.92 Å². The van der Waals surface area contributed by atoms with Gasteiger partial charge in [0.05, 0.1) is 30.8 Å². The van der Waals surface area contributed by atoms with Gasteiger partial charge in [0.25, 0.3) is 5.91 Å². The Kier molecular flexibility index (Phi) is 10.8. The average molecular weight is 690 g/mol. The highest BCUT2D eigenvalue weighted by molar-refractivity contribution is 9.09. The summed E-state index contributed by atoms with van der Waals surface area (Å²) in [5.74, 6) is 0.151. The SMILES string of the molecule is O=C(CBr)Nc1cnccn1.O=C(C[N+]12CCC(CC1)[C@@H](OC(=O)C(O)(c1ccccc1)c1ccccc1)C2)Nc1cnccn1. The molecule has 0 radical (unpaired) electrons. The molecule has 2 amide bonds. The Labute approximate surface area is 275 Å². The molecule has 2 aromatic heterocycles. The molecule has 12 nitrogen and oxygen atoms in total. The van der Waals surface area contributed by atoms with Crippen LogP contribution in [0.1, 0.15) is 24.0 Å². The molecule has 3 saturated heterocycles. The van der Waals surface area contributed by atoms with Crippen LogP contribution >= 0.6 is 15.9 Å². The largest absolute Gasteiger partial charge is 0.453 e. The van der Waals surface area contributed by atoms with Gasteiger partial charge in [0, 0.05) is 43.5 Å². The van der Waals surface area contributed by atoms with Crippen LogP contribution in [0.2, 0.25) is 0 Å².